The molecule has 1 fully saturated rings. The Balaban J connectivity index is 1.88. The second-order valence-electron chi connectivity index (χ2n) is 5.89. The maximum atomic E-state index is 13.0. The van der Waals surface area contributed by atoms with Crippen molar-refractivity contribution < 1.29 is 26.7 Å². The molecule has 8 nitrogen and oxygen atoms in total. The van der Waals surface area contributed by atoms with Crippen molar-refractivity contribution in [2.75, 3.05) is 31.6 Å². The molecule has 3 rings (SSSR count). The van der Waals surface area contributed by atoms with E-state index >= 15 is 0 Å². The molecule has 1 aromatic heterocycles. The van der Waals surface area contributed by atoms with E-state index in [4.69, 9.17) is 4.74 Å². The summed E-state index contributed by atoms with van der Waals surface area (Å²) >= 11 is 0.560. The first-order valence-corrected chi connectivity index (χ1v) is 10.7. The highest BCUT2D eigenvalue weighted by molar-refractivity contribution is 7.89. The lowest BCUT2D eigenvalue weighted by Crippen LogP contribution is -2.41. The summed E-state index contributed by atoms with van der Waals surface area (Å²) in [5.74, 6) is -0.655. The topological polar surface area (TPSA) is 101 Å². The van der Waals surface area contributed by atoms with E-state index < -0.39 is 27.4 Å². The monoisotopic (exact) mass is 432 g/mol. The second-order valence-corrected chi connectivity index (χ2v) is 8.81. The molecule has 2 aromatic rings. The van der Waals surface area contributed by atoms with Crippen LogP contribution in [0.15, 0.2) is 23.1 Å². The van der Waals surface area contributed by atoms with Gasteiger partial charge in [0, 0.05) is 18.7 Å². The number of carbonyl (C=O) groups is 1. The number of hydrogen-bond donors (Lipinski definition) is 1. The van der Waals surface area contributed by atoms with Crippen molar-refractivity contribution >= 4 is 32.4 Å². The summed E-state index contributed by atoms with van der Waals surface area (Å²) < 4.78 is 57.8. The number of sulfonamides is 1. The van der Waals surface area contributed by atoms with E-state index in [0.29, 0.717) is 36.5 Å². The third kappa shape index (κ3) is 4.35. The number of aromatic nitrogens is 2. The van der Waals surface area contributed by atoms with Gasteiger partial charge in [-0.05, 0) is 24.1 Å². The average Bonchev–Trinajstić information content (AvgIpc) is 3.17. The van der Waals surface area contributed by atoms with Gasteiger partial charge in [-0.2, -0.15) is 4.31 Å². The highest BCUT2D eigenvalue weighted by Crippen LogP contribution is 2.27. The van der Waals surface area contributed by atoms with Crippen LogP contribution in [0.5, 0.6) is 0 Å². The van der Waals surface area contributed by atoms with Gasteiger partial charge in [0.1, 0.15) is 0 Å². The molecule has 0 saturated carbocycles. The van der Waals surface area contributed by atoms with Crippen molar-refractivity contribution in [2.45, 2.75) is 24.7 Å². The molecule has 12 heteroatoms. The molecule has 0 bridgehead atoms. The number of carbonyl (C=O) groups excluding carboxylic acids is 1. The fraction of sp³-hybridized carbons (Fsp3) is 0.438. The van der Waals surface area contributed by atoms with Gasteiger partial charge in [0.25, 0.3) is 12.3 Å². The molecule has 0 spiro atoms. The van der Waals surface area contributed by atoms with Crippen LogP contribution in [0.3, 0.4) is 0 Å². The van der Waals surface area contributed by atoms with Crippen LogP contribution >= 0.6 is 11.3 Å². The van der Waals surface area contributed by atoms with Crippen LogP contribution in [0.25, 0.3) is 0 Å². The van der Waals surface area contributed by atoms with Crippen LogP contribution in [-0.2, 0) is 21.2 Å². The number of morpholine rings is 1. The molecule has 2 heterocycles. The minimum atomic E-state index is -3.79. The third-order valence-electron chi connectivity index (χ3n) is 4.15. The molecule has 1 aliphatic heterocycles. The summed E-state index contributed by atoms with van der Waals surface area (Å²) in [6, 6.07) is 4.36. The summed E-state index contributed by atoms with van der Waals surface area (Å²) in [5, 5.41) is 8.58. The predicted octanol–water partition coefficient (Wildman–Crippen LogP) is 2.31. The number of benzene rings is 1. The number of amides is 1. The SMILES string of the molecule is CCc1ccc(C(=O)Nc2nnc(C(F)F)s2)cc1S(=O)(=O)N1CCOCC1. The minimum Gasteiger partial charge on any atom is -0.379 e. The van der Waals surface area contributed by atoms with Gasteiger partial charge in [0.15, 0.2) is 5.01 Å². The van der Waals surface area contributed by atoms with Crippen LogP contribution in [0, 0.1) is 0 Å². The van der Waals surface area contributed by atoms with Crippen LogP contribution in [0.1, 0.15) is 34.3 Å². The minimum absolute atomic E-state index is 0.0510. The number of ether oxygens (including phenoxy) is 1. The largest absolute Gasteiger partial charge is 0.379 e. The van der Waals surface area contributed by atoms with Crippen molar-refractivity contribution in [3.8, 4) is 0 Å². The van der Waals surface area contributed by atoms with Crippen LogP contribution in [0.2, 0.25) is 0 Å². The number of alkyl halides is 2. The maximum Gasteiger partial charge on any atom is 0.291 e. The number of aryl methyl sites for hydroxylation is 1. The van der Waals surface area contributed by atoms with Gasteiger partial charge >= 0.3 is 0 Å². The molecule has 1 amide bonds. The molecular weight excluding hydrogens is 414 g/mol. The average molecular weight is 432 g/mol. The summed E-state index contributed by atoms with van der Waals surface area (Å²) in [4.78, 5) is 12.5. The lowest BCUT2D eigenvalue weighted by atomic mass is 10.1. The molecule has 0 atom stereocenters. The molecule has 1 aromatic carbocycles. The summed E-state index contributed by atoms with van der Waals surface area (Å²) in [7, 11) is -3.79. The highest BCUT2D eigenvalue weighted by atomic mass is 32.2. The molecule has 0 aliphatic carbocycles. The second kappa shape index (κ2) is 8.55. The molecule has 0 radical (unpaired) electrons. The molecule has 28 heavy (non-hydrogen) atoms. The molecule has 152 valence electrons. The van der Waals surface area contributed by atoms with Crippen LogP contribution in [0.4, 0.5) is 13.9 Å². The highest BCUT2D eigenvalue weighted by Gasteiger charge is 2.29. The van der Waals surface area contributed by atoms with E-state index in [1.54, 1.807) is 6.07 Å². The zero-order valence-corrected chi connectivity index (χ0v) is 16.5. The quantitative estimate of drug-likeness (QED) is 0.752. The number of nitrogens with zero attached hydrogens (tertiary/aromatic N) is 3. The van der Waals surface area contributed by atoms with Gasteiger partial charge < -0.3 is 4.74 Å². The van der Waals surface area contributed by atoms with Crippen molar-refractivity contribution in [2.24, 2.45) is 0 Å². The molecule has 1 saturated heterocycles. The van der Waals surface area contributed by atoms with E-state index in [2.05, 4.69) is 15.5 Å². The number of halogens is 2. The van der Waals surface area contributed by atoms with Crippen molar-refractivity contribution in [1.29, 1.82) is 0 Å². The van der Waals surface area contributed by atoms with Crippen LogP contribution < -0.4 is 5.32 Å². The Morgan fingerprint density at radius 1 is 1.32 bits per heavy atom. The molecule has 1 N–H and O–H groups in total. The number of anilines is 1. The Morgan fingerprint density at radius 3 is 2.64 bits per heavy atom. The van der Waals surface area contributed by atoms with Crippen molar-refractivity contribution in [3.63, 3.8) is 0 Å². The Kier molecular flexibility index (Phi) is 6.33. The van der Waals surface area contributed by atoms with Gasteiger partial charge in [-0.1, -0.05) is 24.3 Å². The fourth-order valence-corrected chi connectivity index (χ4v) is 5.02. The fourth-order valence-electron chi connectivity index (χ4n) is 2.70. The Hall–Kier alpha value is -2.02. The predicted molar refractivity (Wildman–Crippen MR) is 98.2 cm³/mol. The van der Waals surface area contributed by atoms with Gasteiger partial charge in [0.2, 0.25) is 15.2 Å². The molecule has 0 unspecified atom stereocenters. The standard InChI is InChI=1S/C16H18F2N4O4S2/c1-2-10-3-4-11(14(23)19-16-21-20-15(27-16)13(17)18)9-12(10)28(24,25)22-5-7-26-8-6-22/h3-4,9,13H,2,5-8H2,1H3,(H,19,21,23). The zero-order valence-electron chi connectivity index (χ0n) is 14.9. The van der Waals surface area contributed by atoms with Gasteiger partial charge in [-0.25, -0.2) is 17.2 Å². The Morgan fingerprint density at radius 2 is 2.04 bits per heavy atom. The first kappa shape index (κ1) is 20.7. The third-order valence-corrected chi connectivity index (χ3v) is 6.97. The van der Waals surface area contributed by atoms with E-state index in [-0.39, 0.29) is 28.7 Å². The van der Waals surface area contributed by atoms with Gasteiger partial charge in [-0.15, -0.1) is 10.2 Å². The van der Waals surface area contributed by atoms with E-state index in [1.807, 2.05) is 6.92 Å². The normalized spacial score (nSPS) is 15.7. The number of hydrogen-bond acceptors (Lipinski definition) is 7. The zero-order chi connectivity index (χ0) is 20.3. The summed E-state index contributed by atoms with van der Waals surface area (Å²) in [6.45, 7) is 2.92. The first-order chi connectivity index (χ1) is 13.3. The maximum absolute atomic E-state index is 13.0. The lowest BCUT2D eigenvalue weighted by Gasteiger charge is -2.27. The van der Waals surface area contributed by atoms with Crippen molar-refractivity contribution in [1.82, 2.24) is 14.5 Å². The van der Waals surface area contributed by atoms with Gasteiger partial charge in [-0.3, -0.25) is 10.1 Å². The van der Waals surface area contributed by atoms with E-state index in [9.17, 15) is 22.0 Å². The summed E-state index contributed by atoms with van der Waals surface area (Å²) in [5.41, 5.74) is 0.664. The molecular formula is C16H18F2N4O4S2. The Labute approximate surface area is 164 Å². The Bertz CT molecular complexity index is 959. The number of rotatable bonds is 6. The van der Waals surface area contributed by atoms with Crippen molar-refractivity contribution in [3.05, 3.63) is 34.3 Å². The van der Waals surface area contributed by atoms with E-state index in [1.165, 1.54) is 16.4 Å². The number of nitrogens with one attached hydrogen (secondary N) is 1. The lowest BCUT2D eigenvalue weighted by molar-refractivity contribution is 0.0730. The summed E-state index contributed by atoms with van der Waals surface area (Å²) in [6.07, 6.45) is -2.31. The van der Waals surface area contributed by atoms with Gasteiger partial charge in [0.05, 0.1) is 18.1 Å². The van der Waals surface area contributed by atoms with Crippen LogP contribution in [-0.4, -0.2) is 55.1 Å². The van der Waals surface area contributed by atoms with E-state index in [0.717, 1.165) is 0 Å². The first-order valence-electron chi connectivity index (χ1n) is 8.46. The molecule has 1 aliphatic rings. The smallest absolute Gasteiger partial charge is 0.291 e.